The molecule has 0 aromatic carbocycles. The van der Waals surface area contributed by atoms with Gasteiger partial charge in [0.15, 0.2) is 15.6 Å². The lowest BCUT2D eigenvalue weighted by Gasteiger charge is -2.02. The first-order chi connectivity index (χ1) is 6.66. The van der Waals surface area contributed by atoms with Gasteiger partial charge in [-0.05, 0) is 0 Å². The molecule has 0 rings (SSSR count). The fourth-order valence-electron chi connectivity index (χ4n) is 0.798. The highest BCUT2D eigenvalue weighted by Gasteiger charge is 2.18. The van der Waals surface area contributed by atoms with Gasteiger partial charge in [0.2, 0.25) is 0 Å². The standard InChI is InChI=1S/C7H14O6S2/c1-13-5-7(8)6-15(11,12)4-3-14(2,9)10/h3-6H2,1-2H3. The van der Waals surface area contributed by atoms with Crippen molar-refractivity contribution in [2.45, 2.75) is 0 Å². The molecule has 0 spiro atoms. The van der Waals surface area contributed by atoms with Gasteiger partial charge in [-0.2, -0.15) is 0 Å². The summed E-state index contributed by atoms with van der Waals surface area (Å²) in [5, 5.41) is 0. The van der Waals surface area contributed by atoms with Crippen molar-refractivity contribution in [3.63, 3.8) is 0 Å². The highest BCUT2D eigenvalue weighted by atomic mass is 32.2. The Bertz CT molecular complexity index is 405. The number of ether oxygens (including phenoxy) is 1. The molecule has 0 aromatic rings. The molecule has 0 atom stereocenters. The molecule has 0 fully saturated rings. The van der Waals surface area contributed by atoms with Crippen LogP contribution in [0.3, 0.4) is 0 Å². The second-order valence-corrected chi connectivity index (χ2v) is 7.64. The summed E-state index contributed by atoms with van der Waals surface area (Å²) in [6.07, 6.45) is 0.944. The number of Topliss-reactive ketones (excluding diaryl/α,β-unsaturated/α-hetero) is 1. The molecule has 90 valence electrons. The molecule has 0 bridgehead atoms. The van der Waals surface area contributed by atoms with Gasteiger partial charge in [-0.1, -0.05) is 0 Å². The summed E-state index contributed by atoms with van der Waals surface area (Å²) in [6.45, 7) is -0.280. The number of sulfone groups is 2. The molecule has 8 heteroatoms. The minimum absolute atomic E-state index is 0.280. The summed E-state index contributed by atoms with van der Waals surface area (Å²) in [7, 11) is -5.69. The molecule has 0 aliphatic carbocycles. The van der Waals surface area contributed by atoms with Crippen LogP contribution >= 0.6 is 0 Å². The SMILES string of the molecule is COCC(=O)CS(=O)(=O)CCS(C)(=O)=O. The van der Waals surface area contributed by atoms with Gasteiger partial charge in [0, 0.05) is 13.4 Å². The van der Waals surface area contributed by atoms with Gasteiger partial charge in [0.05, 0.1) is 11.5 Å². The maximum Gasteiger partial charge on any atom is 0.173 e. The minimum atomic E-state index is -3.64. The molecule has 15 heavy (non-hydrogen) atoms. The van der Waals surface area contributed by atoms with E-state index in [0.29, 0.717) is 0 Å². The Hall–Kier alpha value is -0.470. The van der Waals surface area contributed by atoms with Crippen LogP contribution in [0.5, 0.6) is 0 Å². The van der Waals surface area contributed by atoms with Crippen LogP contribution in [0.4, 0.5) is 0 Å². The average molecular weight is 258 g/mol. The van der Waals surface area contributed by atoms with E-state index in [9.17, 15) is 21.6 Å². The van der Waals surface area contributed by atoms with Crippen molar-refractivity contribution in [2.24, 2.45) is 0 Å². The zero-order chi connectivity index (χ0) is 12.1. The number of methoxy groups -OCH3 is 1. The first kappa shape index (κ1) is 14.5. The van der Waals surface area contributed by atoms with E-state index >= 15 is 0 Å². The van der Waals surface area contributed by atoms with Gasteiger partial charge in [0.1, 0.15) is 22.2 Å². The predicted octanol–water partition coefficient (Wildman–Crippen LogP) is -1.34. The van der Waals surface area contributed by atoms with Crippen LogP contribution < -0.4 is 0 Å². The Morgan fingerprint density at radius 2 is 1.67 bits per heavy atom. The van der Waals surface area contributed by atoms with E-state index < -0.39 is 42.7 Å². The highest BCUT2D eigenvalue weighted by molar-refractivity contribution is 7.95. The maximum atomic E-state index is 11.2. The molecule has 0 N–H and O–H groups in total. The lowest BCUT2D eigenvalue weighted by atomic mass is 10.5. The van der Waals surface area contributed by atoms with E-state index in [1.165, 1.54) is 7.11 Å². The molecule has 0 heterocycles. The Balaban J connectivity index is 4.27. The number of carbonyl (C=O) groups is 1. The topological polar surface area (TPSA) is 94.6 Å². The molecule has 0 radical (unpaired) electrons. The quantitative estimate of drug-likeness (QED) is 0.561. The van der Waals surface area contributed by atoms with Crippen molar-refractivity contribution >= 4 is 25.5 Å². The number of ketones is 1. The van der Waals surface area contributed by atoms with Crippen LogP contribution in [0, 0.1) is 0 Å². The van der Waals surface area contributed by atoms with E-state index in [0.717, 1.165) is 6.26 Å². The van der Waals surface area contributed by atoms with Gasteiger partial charge >= 0.3 is 0 Å². The zero-order valence-corrected chi connectivity index (χ0v) is 10.2. The smallest absolute Gasteiger partial charge is 0.173 e. The Morgan fingerprint density at radius 1 is 1.13 bits per heavy atom. The van der Waals surface area contributed by atoms with Crippen molar-refractivity contribution < 1.29 is 26.4 Å². The summed E-state index contributed by atoms with van der Waals surface area (Å²) >= 11 is 0. The summed E-state index contributed by atoms with van der Waals surface area (Å²) in [5.41, 5.74) is 0. The van der Waals surface area contributed by atoms with E-state index in [-0.39, 0.29) is 6.61 Å². The van der Waals surface area contributed by atoms with Crippen molar-refractivity contribution in [3.05, 3.63) is 0 Å². The Morgan fingerprint density at radius 3 is 2.07 bits per heavy atom. The third kappa shape index (κ3) is 8.52. The van der Waals surface area contributed by atoms with Gasteiger partial charge in [-0.3, -0.25) is 4.79 Å². The van der Waals surface area contributed by atoms with Crippen molar-refractivity contribution in [3.8, 4) is 0 Å². The molecular formula is C7H14O6S2. The van der Waals surface area contributed by atoms with Gasteiger partial charge in [-0.25, -0.2) is 16.8 Å². The Labute approximate surface area is 89.5 Å². The normalized spacial score (nSPS) is 12.7. The fourth-order valence-corrected chi connectivity index (χ4v) is 3.74. The van der Waals surface area contributed by atoms with Crippen molar-refractivity contribution in [2.75, 3.05) is 37.2 Å². The molecular weight excluding hydrogens is 244 g/mol. The summed E-state index contributed by atoms with van der Waals surface area (Å²) in [4.78, 5) is 10.9. The van der Waals surface area contributed by atoms with Crippen molar-refractivity contribution in [1.29, 1.82) is 0 Å². The van der Waals surface area contributed by atoms with Crippen LogP contribution in [0.2, 0.25) is 0 Å². The first-order valence-electron chi connectivity index (χ1n) is 4.05. The summed E-state index contributed by atoms with van der Waals surface area (Å²) in [6, 6.07) is 0. The Kier molecular flexibility index (Phi) is 5.39. The molecule has 0 saturated heterocycles. The third-order valence-corrected chi connectivity index (χ3v) is 4.24. The number of carbonyl (C=O) groups excluding carboxylic acids is 1. The van der Waals surface area contributed by atoms with Crippen LogP contribution in [-0.2, 0) is 29.2 Å². The van der Waals surface area contributed by atoms with Gasteiger partial charge < -0.3 is 4.74 Å². The second kappa shape index (κ2) is 5.57. The van der Waals surface area contributed by atoms with E-state index in [1.807, 2.05) is 0 Å². The van der Waals surface area contributed by atoms with Crippen LogP contribution in [0.15, 0.2) is 0 Å². The number of rotatable bonds is 7. The lowest BCUT2D eigenvalue weighted by Crippen LogP contribution is -2.25. The molecule has 0 aliphatic heterocycles. The lowest BCUT2D eigenvalue weighted by molar-refractivity contribution is -0.120. The fraction of sp³-hybridized carbons (Fsp3) is 0.857. The second-order valence-electron chi connectivity index (χ2n) is 3.19. The summed E-state index contributed by atoms with van der Waals surface area (Å²) in [5.74, 6) is -2.24. The van der Waals surface area contributed by atoms with Crippen molar-refractivity contribution in [1.82, 2.24) is 0 Å². The maximum absolute atomic E-state index is 11.2. The zero-order valence-electron chi connectivity index (χ0n) is 8.59. The molecule has 0 aliphatic rings. The minimum Gasteiger partial charge on any atom is -0.377 e. The van der Waals surface area contributed by atoms with Crippen LogP contribution in [-0.4, -0.2) is 59.8 Å². The van der Waals surface area contributed by atoms with Gasteiger partial charge in [0.25, 0.3) is 0 Å². The van der Waals surface area contributed by atoms with Gasteiger partial charge in [-0.15, -0.1) is 0 Å². The molecule has 0 unspecified atom stereocenters. The third-order valence-electron chi connectivity index (χ3n) is 1.45. The van der Waals surface area contributed by atoms with E-state index in [2.05, 4.69) is 4.74 Å². The number of hydrogen-bond donors (Lipinski definition) is 0. The van der Waals surface area contributed by atoms with E-state index in [4.69, 9.17) is 0 Å². The molecule has 0 amide bonds. The first-order valence-corrected chi connectivity index (χ1v) is 7.93. The largest absolute Gasteiger partial charge is 0.377 e. The molecule has 0 saturated carbocycles. The van der Waals surface area contributed by atoms with E-state index in [1.54, 1.807) is 0 Å². The average Bonchev–Trinajstić information content (AvgIpc) is 1.99. The molecule has 6 nitrogen and oxygen atoms in total. The van der Waals surface area contributed by atoms with Crippen LogP contribution in [0.25, 0.3) is 0 Å². The molecule has 0 aromatic heterocycles. The van der Waals surface area contributed by atoms with Crippen LogP contribution in [0.1, 0.15) is 0 Å². The monoisotopic (exact) mass is 258 g/mol. The summed E-state index contributed by atoms with van der Waals surface area (Å²) < 4.78 is 48.3. The predicted molar refractivity (Wildman–Crippen MR) is 55.2 cm³/mol. The number of hydrogen-bond acceptors (Lipinski definition) is 6. The highest BCUT2D eigenvalue weighted by Crippen LogP contribution is 1.95.